The van der Waals surface area contributed by atoms with E-state index in [0.29, 0.717) is 89.1 Å². The Bertz CT molecular complexity index is 1400. The van der Waals surface area contributed by atoms with Crippen molar-refractivity contribution in [2.24, 2.45) is 0 Å². The number of hydrogen-bond acceptors (Lipinski definition) is 13. The van der Waals surface area contributed by atoms with Gasteiger partial charge in [0.1, 0.15) is 13.2 Å². The van der Waals surface area contributed by atoms with Gasteiger partial charge in [-0.1, -0.05) is 51.7 Å². The third-order valence-corrected chi connectivity index (χ3v) is 10.7. The number of carbonyl (C=O) groups excluding carboxylic acids is 7. The number of amides is 4. The van der Waals surface area contributed by atoms with Gasteiger partial charge < -0.3 is 48.9 Å². The summed E-state index contributed by atoms with van der Waals surface area (Å²) in [6.07, 6.45) is 14.2. The molecule has 4 amide bonds. The lowest BCUT2D eigenvalue weighted by Crippen LogP contribution is -2.47. The Hall–Kier alpha value is -4.83. The number of nitrogens with zero attached hydrogens (tertiary/aromatic N) is 2. The second-order valence-corrected chi connectivity index (χ2v) is 19.2. The summed E-state index contributed by atoms with van der Waals surface area (Å²) in [7, 11) is 0. The molecule has 0 aliphatic heterocycles. The first kappa shape index (κ1) is 63.2. The Labute approximate surface area is 408 Å². The lowest BCUT2D eigenvalue weighted by Gasteiger charge is -2.35. The molecular formula is C51H90N4O13. The summed E-state index contributed by atoms with van der Waals surface area (Å²) in [5.41, 5.74) is -0.0949. The minimum absolute atomic E-state index is 0.0385. The zero-order chi connectivity index (χ0) is 51.2. The zero-order valence-corrected chi connectivity index (χ0v) is 43.3. The molecule has 0 aromatic rings. The van der Waals surface area contributed by atoms with E-state index in [9.17, 15) is 33.6 Å². The summed E-state index contributed by atoms with van der Waals surface area (Å²) in [5, 5.41) is 5.55. The lowest BCUT2D eigenvalue weighted by molar-refractivity contribution is -0.144. The summed E-state index contributed by atoms with van der Waals surface area (Å²) in [6.45, 7) is 25.3. The van der Waals surface area contributed by atoms with Gasteiger partial charge in [0.15, 0.2) is 0 Å². The first-order valence-corrected chi connectivity index (χ1v) is 25.0. The predicted molar refractivity (Wildman–Crippen MR) is 263 cm³/mol. The highest BCUT2D eigenvalue weighted by Crippen LogP contribution is 2.18. The van der Waals surface area contributed by atoms with Gasteiger partial charge in [-0.05, 0) is 132 Å². The molecule has 0 bridgehead atoms. The van der Waals surface area contributed by atoms with Gasteiger partial charge in [0.05, 0.1) is 39.5 Å². The van der Waals surface area contributed by atoms with Crippen molar-refractivity contribution in [2.45, 2.75) is 195 Å². The van der Waals surface area contributed by atoms with Crippen LogP contribution >= 0.6 is 0 Å². The molecule has 2 N–H and O–H groups in total. The van der Waals surface area contributed by atoms with Gasteiger partial charge >= 0.3 is 30.3 Å². The van der Waals surface area contributed by atoms with Crippen LogP contribution in [0.2, 0.25) is 0 Å². The van der Waals surface area contributed by atoms with Crippen molar-refractivity contribution in [3.63, 3.8) is 0 Å². The molecule has 17 nitrogen and oxygen atoms in total. The number of nitrogens with one attached hydrogen (secondary N) is 2. The van der Waals surface area contributed by atoms with Crippen molar-refractivity contribution in [1.82, 2.24) is 20.4 Å². The number of rotatable bonds is 38. The monoisotopic (exact) mass is 967 g/mol. The summed E-state index contributed by atoms with van der Waals surface area (Å²) in [6, 6.07) is 0. The fourth-order valence-electron chi connectivity index (χ4n) is 6.79. The molecule has 0 spiro atoms. The first-order chi connectivity index (χ1) is 32.2. The van der Waals surface area contributed by atoms with Crippen LogP contribution in [0.25, 0.3) is 0 Å². The molecule has 0 saturated carbocycles. The van der Waals surface area contributed by atoms with Crippen LogP contribution in [0, 0.1) is 0 Å². The van der Waals surface area contributed by atoms with Crippen LogP contribution in [0.15, 0.2) is 24.3 Å². The van der Waals surface area contributed by atoms with E-state index in [1.54, 1.807) is 23.6 Å². The topological polar surface area (TPSA) is 205 Å². The normalized spacial score (nSPS) is 11.2. The van der Waals surface area contributed by atoms with Crippen molar-refractivity contribution in [1.29, 1.82) is 0 Å². The quantitative estimate of drug-likeness (QED) is 0.0256. The summed E-state index contributed by atoms with van der Waals surface area (Å²) < 4.78 is 31.1. The van der Waals surface area contributed by atoms with E-state index < -0.39 is 30.3 Å². The fraction of sp³-hybridized carbons (Fsp3) is 0.784. The van der Waals surface area contributed by atoms with Gasteiger partial charge in [-0.2, -0.15) is 0 Å². The minimum atomic E-state index is -0.685. The second kappa shape index (κ2) is 38.1. The van der Waals surface area contributed by atoms with E-state index in [1.165, 1.54) is 0 Å². The molecule has 0 aromatic heterocycles. The highest BCUT2D eigenvalue weighted by atomic mass is 16.7. The highest BCUT2D eigenvalue weighted by molar-refractivity contribution is 5.87. The van der Waals surface area contributed by atoms with Gasteiger partial charge in [-0.25, -0.2) is 24.0 Å². The second-order valence-electron chi connectivity index (χ2n) is 19.2. The summed E-state index contributed by atoms with van der Waals surface area (Å²) >= 11 is 0. The third kappa shape index (κ3) is 35.3. The molecule has 0 unspecified atom stereocenters. The average molecular weight is 967 g/mol. The SMILES string of the molecule is C=C(C)C(=O)OCCN(C(=O)CCCCCCCNC(=O)OCCCCCCOC(=O)OCCCCCCOC(=O)NCCCCCCCC(=O)N(CCOC(=O)C(=C)C)C(C)(C)C)C(C)(C)C. The number of ether oxygens (including phenoxy) is 6. The maximum Gasteiger partial charge on any atom is 0.508 e. The first-order valence-electron chi connectivity index (χ1n) is 25.0. The molecule has 0 fully saturated rings. The Morgan fingerprint density at radius 2 is 0.691 bits per heavy atom. The number of carbonyl (C=O) groups is 7. The average Bonchev–Trinajstić information content (AvgIpc) is 3.26. The van der Waals surface area contributed by atoms with Crippen molar-refractivity contribution in [3.05, 3.63) is 24.3 Å². The lowest BCUT2D eigenvalue weighted by atomic mass is 10.0. The van der Waals surface area contributed by atoms with E-state index in [2.05, 4.69) is 23.8 Å². The van der Waals surface area contributed by atoms with E-state index in [0.717, 1.165) is 89.9 Å². The maximum atomic E-state index is 12.8. The smallest absolute Gasteiger partial charge is 0.460 e. The standard InChI is InChI=1S/C51H90N4O13/c1-41(2)45(58)63-39-33-54(50(5,6)7)43(56)29-21-13-11-15-23-31-52-47(60)65-35-25-17-19-27-37-67-49(62)68-38-28-20-18-26-36-66-48(61)53-32-24-16-12-14-22-30-44(57)55(51(8,9)10)34-40-64-46(59)42(3)4/h1,3,11-40H2,2,4-10H3,(H,52,60)(H,53,61). The number of alkyl carbamates (subject to hydrolysis) is 2. The van der Waals surface area contributed by atoms with Crippen LogP contribution < -0.4 is 10.6 Å². The van der Waals surface area contributed by atoms with E-state index in [-0.39, 0.29) is 49.3 Å². The zero-order valence-electron chi connectivity index (χ0n) is 43.3. The van der Waals surface area contributed by atoms with Gasteiger partial charge in [-0.3, -0.25) is 9.59 Å². The molecule has 0 aliphatic rings. The molecule has 0 saturated heterocycles. The van der Waals surface area contributed by atoms with E-state index in [1.807, 2.05) is 41.5 Å². The number of hydrogen-bond donors (Lipinski definition) is 2. The molecule has 0 atom stereocenters. The van der Waals surface area contributed by atoms with E-state index in [4.69, 9.17) is 28.4 Å². The van der Waals surface area contributed by atoms with Crippen molar-refractivity contribution in [3.8, 4) is 0 Å². The largest absolute Gasteiger partial charge is 0.508 e. The molecule has 68 heavy (non-hydrogen) atoms. The van der Waals surface area contributed by atoms with Crippen molar-refractivity contribution in [2.75, 3.05) is 65.8 Å². The number of unbranched alkanes of at least 4 members (excludes halogenated alkanes) is 14. The summed E-state index contributed by atoms with van der Waals surface area (Å²) in [4.78, 5) is 88.3. The molecular weight excluding hydrogens is 877 g/mol. The van der Waals surface area contributed by atoms with Crippen LogP contribution in [-0.4, -0.2) is 129 Å². The molecule has 0 aromatic carbocycles. The van der Waals surface area contributed by atoms with Crippen LogP contribution in [0.5, 0.6) is 0 Å². The van der Waals surface area contributed by atoms with Crippen LogP contribution in [0.4, 0.5) is 14.4 Å². The van der Waals surface area contributed by atoms with Gasteiger partial charge in [-0.15, -0.1) is 0 Å². The third-order valence-electron chi connectivity index (χ3n) is 10.7. The highest BCUT2D eigenvalue weighted by Gasteiger charge is 2.27. The van der Waals surface area contributed by atoms with Gasteiger partial charge in [0.25, 0.3) is 0 Å². The Morgan fingerprint density at radius 3 is 1.01 bits per heavy atom. The molecule has 392 valence electrons. The molecule has 17 heteroatoms. The molecule has 0 aliphatic carbocycles. The summed E-state index contributed by atoms with van der Waals surface area (Å²) in [5.74, 6) is -0.834. The van der Waals surface area contributed by atoms with Gasteiger partial charge in [0.2, 0.25) is 11.8 Å². The molecule has 0 heterocycles. The maximum absolute atomic E-state index is 12.8. The van der Waals surface area contributed by atoms with Crippen molar-refractivity contribution < 1.29 is 62.0 Å². The Morgan fingerprint density at radius 1 is 0.397 bits per heavy atom. The Kier molecular flexibility index (Phi) is 35.4. The Balaban J connectivity index is 3.68. The number of esters is 2. The molecule has 0 radical (unpaired) electrons. The van der Waals surface area contributed by atoms with Crippen LogP contribution in [0.1, 0.15) is 184 Å². The van der Waals surface area contributed by atoms with Crippen molar-refractivity contribution >= 4 is 42.1 Å². The van der Waals surface area contributed by atoms with Crippen LogP contribution in [-0.2, 0) is 47.6 Å². The van der Waals surface area contributed by atoms with Gasteiger partial charge in [0, 0.05) is 48.2 Å². The predicted octanol–water partition coefficient (Wildman–Crippen LogP) is 9.89. The van der Waals surface area contributed by atoms with Crippen LogP contribution in [0.3, 0.4) is 0 Å². The fourth-order valence-corrected chi connectivity index (χ4v) is 6.79. The molecule has 0 rings (SSSR count). The van der Waals surface area contributed by atoms with E-state index >= 15 is 0 Å². The minimum Gasteiger partial charge on any atom is -0.460 e.